The number of rotatable bonds is 4. The number of para-hydroxylation sites is 2. The third-order valence-corrected chi connectivity index (χ3v) is 7.23. The van der Waals surface area contributed by atoms with Crippen LogP contribution in [0.3, 0.4) is 0 Å². The summed E-state index contributed by atoms with van der Waals surface area (Å²) >= 11 is 1.42. The summed E-state index contributed by atoms with van der Waals surface area (Å²) in [4.78, 5) is 34.6. The van der Waals surface area contributed by atoms with Crippen LogP contribution in [0.15, 0.2) is 88.1 Å². The molecular weight excluding hydrogens is 460 g/mol. The molecule has 1 amide bonds. The number of hydrogen-bond donors (Lipinski definition) is 0. The first kappa shape index (κ1) is 21.3. The molecule has 1 aliphatic heterocycles. The number of carbonyl (C=O) groups is 1. The smallest absolute Gasteiger partial charge is 0.297 e. The van der Waals surface area contributed by atoms with Gasteiger partial charge in [-0.1, -0.05) is 42.5 Å². The average Bonchev–Trinajstić information content (AvgIpc) is 3.36. The zero-order valence-electron chi connectivity index (χ0n) is 19.0. The van der Waals surface area contributed by atoms with Gasteiger partial charge in [-0.25, -0.2) is 4.98 Å². The maximum absolute atomic E-state index is 13.7. The number of ether oxygens (including phenoxy) is 1. The van der Waals surface area contributed by atoms with Gasteiger partial charge in [0.1, 0.15) is 17.1 Å². The normalized spacial score (nSPS) is 15.0. The van der Waals surface area contributed by atoms with Crippen molar-refractivity contribution >= 4 is 33.3 Å². The predicted molar refractivity (Wildman–Crippen MR) is 136 cm³/mol. The van der Waals surface area contributed by atoms with Crippen LogP contribution >= 0.6 is 11.3 Å². The molecule has 6 rings (SSSR count). The van der Waals surface area contributed by atoms with Crippen molar-refractivity contribution in [3.63, 3.8) is 0 Å². The van der Waals surface area contributed by atoms with Gasteiger partial charge in [0.15, 0.2) is 10.6 Å². The molecule has 3 aromatic carbocycles. The number of amides is 1. The standard InChI is InChI=1S/C28H20N2O4S/c1-16-17(2)35-28(29-16)30-24(18-9-8-12-20(15-18)33-19-10-4-3-5-11-19)23-25(31)21-13-6-7-14-22(21)34-26(23)27(30)32/h3-15,24H,1-2H3. The molecule has 0 N–H and O–H groups in total. The van der Waals surface area contributed by atoms with Gasteiger partial charge in [-0.3, -0.25) is 14.5 Å². The van der Waals surface area contributed by atoms with Crippen LogP contribution in [0.1, 0.15) is 38.3 Å². The number of thiazole rings is 1. The molecule has 3 heterocycles. The molecule has 0 bridgehead atoms. The Morgan fingerprint density at radius 3 is 2.43 bits per heavy atom. The van der Waals surface area contributed by atoms with Crippen LogP contribution in [-0.2, 0) is 0 Å². The number of aryl methyl sites for hydroxylation is 2. The SMILES string of the molecule is Cc1nc(N2C(=O)c3oc4ccccc4c(=O)c3C2c2cccc(Oc3ccccc3)c2)sc1C. The highest BCUT2D eigenvalue weighted by atomic mass is 32.1. The molecule has 1 unspecified atom stereocenters. The van der Waals surface area contributed by atoms with Crippen LogP contribution in [0, 0.1) is 13.8 Å². The summed E-state index contributed by atoms with van der Waals surface area (Å²) in [5.41, 5.74) is 2.06. The highest BCUT2D eigenvalue weighted by molar-refractivity contribution is 7.15. The van der Waals surface area contributed by atoms with Crippen LogP contribution in [0.4, 0.5) is 5.13 Å². The Balaban J connectivity index is 1.55. The van der Waals surface area contributed by atoms with E-state index in [4.69, 9.17) is 9.15 Å². The number of benzene rings is 3. The largest absolute Gasteiger partial charge is 0.457 e. The minimum atomic E-state index is -0.692. The van der Waals surface area contributed by atoms with E-state index in [9.17, 15) is 9.59 Å². The van der Waals surface area contributed by atoms with Gasteiger partial charge >= 0.3 is 0 Å². The van der Waals surface area contributed by atoms with E-state index in [1.165, 1.54) is 11.3 Å². The first-order valence-electron chi connectivity index (χ1n) is 11.2. The van der Waals surface area contributed by atoms with Crippen molar-refractivity contribution in [2.75, 3.05) is 4.90 Å². The number of carbonyl (C=O) groups excluding carboxylic acids is 1. The van der Waals surface area contributed by atoms with E-state index in [1.54, 1.807) is 29.2 Å². The number of nitrogens with zero attached hydrogens (tertiary/aromatic N) is 2. The highest BCUT2D eigenvalue weighted by Crippen LogP contribution is 2.43. The van der Waals surface area contributed by atoms with E-state index in [2.05, 4.69) is 4.98 Å². The van der Waals surface area contributed by atoms with Crippen molar-refractivity contribution in [2.24, 2.45) is 0 Å². The molecule has 1 atom stereocenters. The maximum atomic E-state index is 13.7. The molecule has 1 aliphatic rings. The van der Waals surface area contributed by atoms with Gasteiger partial charge in [-0.05, 0) is 55.8 Å². The molecule has 0 fully saturated rings. The molecule has 2 aromatic heterocycles. The van der Waals surface area contributed by atoms with E-state index in [0.717, 1.165) is 16.1 Å². The summed E-state index contributed by atoms with van der Waals surface area (Å²) in [5, 5.41) is 0.966. The second kappa shape index (κ2) is 8.21. The van der Waals surface area contributed by atoms with Crippen molar-refractivity contribution < 1.29 is 13.9 Å². The molecule has 0 radical (unpaired) electrons. The summed E-state index contributed by atoms with van der Waals surface area (Å²) < 4.78 is 12.1. The first-order chi connectivity index (χ1) is 17.0. The molecule has 7 heteroatoms. The first-order valence-corrected chi connectivity index (χ1v) is 12.0. The summed E-state index contributed by atoms with van der Waals surface area (Å²) in [7, 11) is 0. The van der Waals surface area contributed by atoms with E-state index >= 15 is 0 Å². The minimum absolute atomic E-state index is 0.0542. The van der Waals surface area contributed by atoms with Gasteiger partial charge in [0.2, 0.25) is 5.76 Å². The predicted octanol–water partition coefficient (Wildman–Crippen LogP) is 6.41. The Morgan fingerprint density at radius 2 is 1.66 bits per heavy atom. The molecule has 0 aliphatic carbocycles. The van der Waals surface area contributed by atoms with E-state index in [-0.39, 0.29) is 17.1 Å². The van der Waals surface area contributed by atoms with E-state index in [0.29, 0.717) is 33.2 Å². The summed E-state index contributed by atoms with van der Waals surface area (Å²) in [6.45, 7) is 3.87. The van der Waals surface area contributed by atoms with Gasteiger partial charge < -0.3 is 9.15 Å². The summed E-state index contributed by atoms with van der Waals surface area (Å²) in [6.07, 6.45) is 0. The van der Waals surface area contributed by atoms with Gasteiger partial charge in [0, 0.05) is 4.88 Å². The molecule has 5 aromatic rings. The molecule has 0 spiro atoms. The highest BCUT2D eigenvalue weighted by Gasteiger charge is 2.45. The molecular formula is C28H20N2O4S. The van der Waals surface area contributed by atoms with Crippen molar-refractivity contribution in [3.8, 4) is 11.5 Å². The molecule has 0 saturated heterocycles. The van der Waals surface area contributed by atoms with Crippen LogP contribution in [0.2, 0.25) is 0 Å². The Bertz CT molecular complexity index is 1640. The topological polar surface area (TPSA) is 72.6 Å². The van der Waals surface area contributed by atoms with Crippen LogP contribution in [-0.4, -0.2) is 10.9 Å². The number of fused-ring (bicyclic) bond motifs is 2. The maximum Gasteiger partial charge on any atom is 0.297 e. The van der Waals surface area contributed by atoms with E-state index in [1.807, 2.05) is 68.4 Å². The van der Waals surface area contributed by atoms with Crippen molar-refractivity contribution in [2.45, 2.75) is 19.9 Å². The van der Waals surface area contributed by atoms with Crippen LogP contribution in [0.25, 0.3) is 11.0 Å². The van der Waals surface area contributed by atoms with Crippen molar-refractivity contribution in [1.82, 2.24) is 4.98 Å². The van der Waals surface area contributed by atoms with Gasteiger partial charge in [-0.2, -0.15) is 0 Å². The summed E-state index contributed by atoms with van der Waals surface area (Å²) in [6, 6.07) is 23.2. The van der Waals surface area contributed by atoms with Crippen LogP contribution < -0.4 is 15.1 Å². The second-order valence-electron chi connectivity index (χ2n) is 8.37. The second-order valence-corrected chi connectivity index (χ2v) is 9.56. The minimum Gasteiger partial charge on any atom is -0.457 e. The van der Waals surface area contributed by atoms with Crippen LogP contribution in [0.5, 0.6) is 11.5 Å². The Kier molecular flexibility index (Phi) is 5.00. The number of aromatic nitrogens is 1. The fourth-order valence-electron chi connectivity index (χ4n) is 4.36. The van der Waals surface area contributed by atoms with Crippen molar-refractivity contribution in [3.05, 3.63) is 117 Å². The Hall–Kier alpha value is -4.23. The lowest BCUT2D eigenvalue weighted by molar-refractivity contribution is 0.0971. The number of hydrogen-bond acceptors (Lipinski definition) is 6. The number of anilines is 1. The van der Waals surface area contributed by atoms with Gasteiger partial charge in [0.05, 0.1) is 22.7 Å². The van der Waals surface area contributed by atoms with Crippen molar-refractivity contribution in [1.29, 1.82) is 0 Å². The fourth-order valence-corrected chi connectivity index (χ4v) is 5.30. The van der Waals surface area contributed by atoms with E-state index < -0.39 is 6.04 Å². The fraction of sp³-hybridized carbons (Fsp3) is 0.107. The lowest BCUT2D eigenvalue weighted by Crippen LogP contribution is -2.29. The summed E-state index contributed by atoms with van der Waals surface area (Å²) in [5.74, 6) is 0.974. The monoisotopic (exact) mass is 480 g/mol. The lowest BCUT2D eigenvalue weighted by Gasteiger charge is -2.23. The zero-order valence-corrected chi connectivity index (χ0v) is 19.8. The van der Waals surface area contributed by atoms with Gasteiger partial charge in [-0.15, -0.1) is 11.3 Å². The molecule has 35 heavy (non-hydrogen) atoms. The third-order valence-electron chi connectivity index (χ3n) is 6.15. The lowest BCUT2D eigenvalue weighted by atomic mass is 9.98. The Labute approximate surface area is 205 Å². The molecule has 172 valence electrons. The Morgan fingerprint density at radius 1 is 0.914 bits per heavy atom. The quantitative estimate of drug-likeness (QED) is 0.297. The zero-order chi connectivity index (χ0) is 24.1. The third kappa shape index (κ3) is 3.52. The average molecular weight is 481 g/mol. The molecule has 0 saturated carbocycles. The van der Waals surface area contributed by atoms with Gasteiger partial charge in [0.25, 0.3) is 5.91 Å². The molecule has 6 nitrogen and oxygen atoms in total.